The molecule has 4 N–H and O–H groups in total. The largest absolute Gasteiger partial charge is 0.497 e. The van der Waals surface area contributed by atoms with Crippen LogP contribution in [0.5, 0.6) is 11.5 Å². The van der Waals surface area contributed by atoms with Crippen molar-refractivity contribution in [3.63, 3.8) is 0 Å². The molecule has 1 aromatic heterocycles. The second-order valence-electron chi connectivity index (χ2n) is 16.5. The van der Waals surface area contributed by atoms with Gasteiger partial charge in [0.25, 0.3) is 5.91 Å². The van der Waals surface area contributed by atoms with Crippen molar-refractivity contribution >= 4 is 38.8 Å². The van der Waals surface area contributed by atoms with Crippen LogP contribution in [0.2, 0.25) is 0 Å². The molecule has 14 nitrogen and oxygen atoms in total. The number of hydrogen-bond donors (Lipinski definition) is 4. The molecule has 3 heterocycles. The van der Waals surface area contributed by atoms with Crippen molar-refractivity contribution < 1.29 is 46.5 Å². The van der Waals surface area contributed by atoms with E-state index in [9.17, 15) is 27.9 Å². The van der Waals surface area contributed by atoms with E-state index in [-0.39, 0.29) is 43.7 Å². The number of nitrogens with zero attached hydrogens (tertiary/aromatic N) is 2. The van der Waals surface area contributed by atoms with Crippen LogP contribution in [0.3, 0.4) is 0 Å². The third-order valence-corrected chi connectivity index (χ3v) is 11.7. The summed E-state index contributed by atoms with van der Waals surface area (Å²) < 4.78 is 60.1. The van der Waals surface area contributed by atoms with E-state index in [0.717, 1.165) is 44.8 Å². The number of rotatable bonds is 17. The van der Waals surface area contributed by atoms with Crippen LogP contribution < -0.4 is 24.8 Å². The van der Waals surface area contributed by atoms with Crippen molar-refractivity contribution in [1.82, 2.24) is 25.2 Å². The third-order valence-electron chi connectivity index (χ3n) is 11.2. The minimum Gasteiger partial charge on any atom is -0.497 e. The number of hydrogen-bond acceptors (Lipinski definition) is 11. The first kappa shape index (κ1) is 41.6. The second-order valence-corrected chi connectivity index (χ2v) is 18.3. The van der Waals surface area contributed by atoms with Gasteiger partial charge in [-0.05, 0) is 69.6 Å². The molecular weight excluding hydrogens is 746 g/mol. The molecule has 0 bridgehead atoms. The van der Waals surface area contributed by atoms with E-state index in [4.69, 9.17) is 19.2 Å². The number of methoxy groups -OCH3 is 1. The highest BCUT2D eigenvalue weighted by Crippen LogP contribution is 2.55. The predicted octanol–water partition coefficient (Wildman–Crippen LogP) is 4.90. The Morgan fingerprint density at radius 3 is 2.59 bits per heavy atom. The van der Waals surface area contributed by atoms with E-state index in [1.165, 1.54) is 4.90 Å². The number of pyridine rings is 1. The molecule has 4 aliphatic rings. The molecule has 16 heteroatoms. The maximum absolute atomic E-state index is 16.5. The minimum atomic E-state index is -3.94. The Morgan fingerprint density at radius 2 is 1.91 bits per heavy atom. The first-order chi connectivity index (χ1) is 26.6. The average Bonchev–Trinajstić information content (AvgIpc) is 4.06. The first-order valence-electron chi connectivity index (χ1n) is 19.7. The number of sulfonamides is 1. The molecular formula is C40H56FN5O9S. The van der Waals surface area contributed by atoms with E-state index >= 15 is 4.39 Å². The van der Waals surface area contributed by atoms with Crippen molar-refractivity contribution in [2.45, 2.75) is 120 Å². The lowest BCUT2D eigenvalue weighted by molar-refractivity contribution is -0.132. The summed E-state index contributed by atoms with van der Waals surface area (Å²) in [5, 5.41) is 16.7. The van der Waals surface area contributed by atoms with Gasteiger partial charge in [-0.25, -0.2) is 22.6 Å². The Kier molecular flexibility index (Phi) is 12.5. The molecule has 6 atom stereocenters. The minimum absolute atomic E-state index is 0.0215. The molecule has 6 rings (SSSR count). The second kappa shape index (κ2) is 16.8. The predicted molar refractivity (Wildman–Crippen MR) is 207 cm³/mol. The Hall–Kier alpha value is -4.02. The van der Waals surface area contributed by atoms with Crippen molar-refractivity contribution in [1.29, 1.82) is 0 Å². The molecule has 3 fully saturated rings. The zero-order valence-electron chi connectivity index (χ0n) is 32.9. The maximum atomic E-state index is 16.5. The van der Waals surface area contributed by atoms with Gasteiger partial charge in [0.15, 0.2) is 0 Å². The number of ether oxygens (including phenoxy) is 3. The normalized spacial score (nSPS) is 26.5. The van der Waals surface area contributed by atoms with Gasteiger partial charge in [-0.15, -0.1) is 0 Å². The number of benzene rings is 1. The summed E-state index contributed by atoms with van der Waals surface area (Å²) in [4.78, 5) is 45.8. The van der Waals surface area contributed by atoms with E-state index < -0.39 is 63.9 Å². The summed E-state index contributed by atoms with van der Waals surface area (Å²) in [5.74, 6) is -0.531. The van der Waals surface area contributed by atoms with Crippen LogP contribution in [0.4, 0.5) is 9.18 Å². The van der Waals surface area contributed by atoms with E-state index in [2.05, 4.69) is 10.6 Å². The standard InChI is InChI=1S/C40H56FN5O9S/c1-24(2)21-54-38(50)42-25(3)11-9-7-6-8-10-12-27-18-40(27,37(49)45-56(5,51)52)44-36(48)32-20-39(22-46(32)23-47)19-30(41)33-29-17-28(53-4)15-16-31(29)43-34(26-13-14-26)35(33)55-39/h10,12,15-17,24-27,30,32,47H,6-9,11,13-14,18-23H2,1-5H3,(H,42,50)(H,44,48)(H,45,49)/b12-10-/t25-,27-,30-,32+,39-,40-/m1/s1. The van der Waals surface area contributed by atoms with Gasteiger partial charge in [0.2, 0.25) is 15.9 Å². The smallest absolute Gasteiger partial charge is 0.407 e. The molecule has 2 aliphatic heterocycles. The van der Waals surface area contributed by atoms with Crippen LogP contribution in [-0.2, 0) is 24.3 Å². The summed E-state index contributed by atoms with van der Waals surface area (Å²) >= 11 is 0. The van der Waals surface area contributed by atoms with Crippen LogP contribution in [0, 0.1) is 11.8 Å². The first-order valence-corrected chi connectivity index (χ1v) is 21.6. The van der Waals surface area contributed by atoms with Gasteiger partial charge in [0, 0.05) is 48.2 Å². The molecule has 308 valence electrons. The monoisotopic (exact) mass is 801 g/mol. The van der Waals surface area contributed by atoms with Crippen molar-refractivity contribution in [2.24, 2.45) is 11.8 Å². The summed E-state index contributed by atoms with van der Waals surface area (Å²) in [7, 11) is -2.39. The lowest BCUT2D eigenvalue weighted by atomic mass is 9.85. The molecule has 3 amide bonds. The summed E-state index contributed by atoms with van der Waals surface area (Å²) in [6.07, 6.45) is 8.93. The zero-order chi connectivity index (χ0) is 40.4. The number of fused-ring (bicyclic) bond motifs is 3. The Labute approximate surface area is 328 Å². The number of aromatic nitrogens is 1. The van der Waals surface area contributed by atoms with Crippen LogP contribution >= 0.6 is 0 Å². The third kappa shape index (κ3) is 9.56. The molecule has 1 aromatic carbocycles. The number of likely N-dealkylation sites (tertiary alicyclic amines) is 1. The fourth-order valence-corrected chi connectivity index (χ4v) is 8.56. The zero-order valence-corrected chi connectivity index (χ0v) is 33.8. The number of carbonyl (C=O) groups is 3. The number of aliphatic hydroxyl groups excluding tert-OH is 1. The SMILES string of the molecule is COc1ccc2nc(C3CC3)c3c(c2c1)[C@H](F)C[C@]1(C[C@@H](C(=O)N[C@]2(C(=O)NS(C)(=O)=O)C[C@H]2/C=C\CCCCC[C@@H](C)NC(=O)OCC(C)C)N(CO)C1)O3. The highest BCUT2D eigenvalue weighted by molar-refractivity contribution is 7.89. The number of halogens is 1. The van der Waals surface area contributed by atoms with Crippen molar-refractivity contribution in [2.75, 3.05) is 33.2 Å². The molecule has 0 radical (unpaired) electrons. The number of nitrogens with one attached hydrogen (secondary N) is 3. The fraction of sp³-hybridized carbons (Fsp3) is 0.650. The number of alkyl carbamates (subject to hydrolysis) is 1. The lowest BCUT2D eigenvalue weighted by Crippen LogP contribution is -2.55. The van der Waals surface area contributed by atoms with Gasteiger partial charge in [0.1, 0.15) is 28.8 Å². The Bertz CT molecular complexity index is 1940. The molecule has 1 spiro atoms. The number of alkyl halides is 1. The van der Waals surface area contributed by atoms with Gasteiger partial charge in [-0.1, -0.05) is 38.8 Å². The Morgan fingerprint density at radius 1 is 1.14 bits per heavy atom. The fourth-order valence-electron chi connectivity index (χ4n) is 8.04. The van der Waals surface area contributed by atoms with Gasteiger partial charge in [0.05, 0.1) is 44.0 Å². The van der Waals surface area contributed by atoms with Gasteiger partial charge < -0.3 is 30.0 Å². The molecule has 2 aliphatic carbocycles. The number of amides is 3. The molecule has 2 aromatic rings. The highest BCUT2D eigenvalue weighted by Gasteiger charge is 2.62. The highest BCUT2D eigenvalue weighted by atomic mass is 32.2. The lowest BCUT2D eigenvalue weighted by Gasteiger charge is -2.38. The quantitative estimate of drug-likeness (QED) is 0.126. The average molecular weight is 802 g/mol. The van der Waals surface area contributed by atoms with Crippen LogP contribution in [-0.4, -0.2) is 97.8 Å². The summed E-state index contributed by atoms with van der Waals surface area (Å²) in [5.41, 5.74) is -0.912. The number of unbranched alkanes of at least 4 members (excludes halogenated alkanes) is 3. The van der Waals surface area contributed by atoms with Crippen molar-refractivity contribution in [3.05, 3.63) is 41.6 Å². The number of aliphatic hydroxyl groups is 1. The van der Waals surface area contributed by atoms with E-state index in [1.54, 1.807) is 19.2 Å². The van der Waals surface area contributed by atoms with E-state index in [1.807, 2.05) is 43.7 Å². The maximum Gasteiger partial charge on any atom is 0.407 e. The molecule has 1 saturated heterocycles. The molecule has 2 saturated carbocycles. The van der Waals surface area contributed by atoms with Gasteiger partial charge in [-0.2, -0.15) is 0 Å². The summed E-state index contributed by atoms with van der Waals surface area (Å²) in [6.45, 7) is 5.80. The van der Waals surface area contributed by atoms with Gasteiger partial charge >= 0.3 is 6.09 Å². The van der Waals surface area contributed by atoms with Gasteiger partial charge in [-0.3, -0.25) is 19.2 Å². The van der Waals surface area contributed by atoms with Crippen LogP contribution in [0.25, 0.3) is 10.9 Å². The van der Waals surface area contributed by atoms with Crippen LogP contribution in [0.1, 0.15) is 108 Å². The number of carbonyl (C=O) groups excluding carboxylic acids is 3. The Balaban J connectivity index is 1.10. The van der Waals surface area contributed by atoms with Crippen LogP contribution in [0.15, 0.2) is 30.4 Å². The molecule has 0 unspecified atom stereocenters. The molecule has 56 heavy (non-hydrogen) atoms. The number of allylic oxidation sites excluding steroid dienone is 1. The summed E-state index contributed by atoms with van der Waals surface area (Å²) in [6, 6.07) is 4.36. The van der Waals surface area contributed by atoms with Crippen molar-refractivity contribution in [3.8, 4) is 11.5 Å². The topological polar surface area (TPSA) is 185 Å². The van der Waals surface area contributed by atoms with E-state index in [0.29, 0.717) is 46.7 Å².